The Morgan fingerprint density at radius 1 is 1.24 bits per heavy atom. The van der Waals surface area contributed by atoms with Crippen LogP contribution < -0.4 is 10.5 Å². The second kappa shape index (κ2) is 6.33. The molecule has 0 atom stereocenters. The SMILES string of the molecule is NS(=O)(=O)c1ccc(CNC(=O)c2cc(Cl)ccc2Cl)s1. The fraction of sp³-hybridized carbons (Fsp3) is 0.0833. The standard InChI is InChI=1S/C12H10Cl2N2O3S2/c13-7-1-3-10(14)9(5-7)12(17)16-6-8-2-4-11(20-8)21(15,18)19/h1-5H,6H2,(H,16,17)(H2,15,18,19). The minimum absolute atomic E-state index is 0.0486. The lowest BCUT2D eigenvalue weighted by molar-refractivity contribution is 0.0951. The Balaban J connectivity index is 2.08. The lowest BCUT2D eigenvalue weighted by Crippen LogP contribution is -2.22. The summed E-state index contributed by atoms with van der Waals surface area (Å²) >= 11 is 12.7. The fourth-order valence-corrected chi connectivity index (χ4v) is 3.63. The summed E-state index contributed by atoms with van der Waals surface area (Å²) < 4.78 is 22.4. The molecule has 0 fully saturated rings. The maximum atomic E-state index is 12.0. The Morgan fingerprint density at radius 3 is 2.57 bits per heavy atom. The van der Waals surface area contributed by atoms with Crippen LogP contribution in [0.2, 0.25) is 10.0 Å². The summed E-state index contributed by atoms with van der Waals surface area (Å²) in [5, 5.41) is 8.34. The van der Waals surface area contributed by atoms with Gasteiger partial charge in [-0.1, -0.05) is 23.2 Å². The van der Waals surface area contributed by atoms with E-state index in [1.54, 1.807) is 12.1 Å². The molecule has 3 N–H and O–H groups in total. The van der Waals surface area contributed by atoms with Crippen LogP contribution in [0.25, 0.3) is 0 Å². The van der Waals surface area contributed by atoms with Crippen LogP contribution in [-0.4, -0.2) is 14.3 Å². The van der Waals surface area contributed by atoms with Gasteiger partial charge in [0, 0.05) is 9.90 Å². The lowest BCUT2D eigenvalue weighted by atomic mass is 10.2. The van der Waals surface area contributed by atoms with Crippen LogP contribution in [0.1, 0.15) is 15.2 Å². The van der Waals surface area contributed by atoms with Crippen molar-refractivity contribution in [3.8, 4) is 0 Å². The average Bonchev–Trinajstić information content (AvgIpc) is 2.87. The van der Waals surface area contributed by atoms with Crippen molar-refractivity contribution in [3.63, 3.8) is 0 Å². The van der Waals surface area contributed by atoms with E-state index in [-0.39, 0.29) is 21.3 Å². The largest absolute Gasteiger partial charge is 0.347 e. The molecule has 9 heteroatoms. The van der Waals surface area contributed by atoms with Gasteiger partial charge < -0.3 is 5.32 Å². The van der Waals surface area contributed by atoms with Crippen LogP contribution in [0, 0.1) is 0 Å². The molecule has 112 valence electrons. The maximum absolute atomic E-state index is 12.0. The highest BCUT2D eigenvalue weighted by Gasteiger charge is 2.13. The van der Waals surface area contributed by atoms with Crippen LogP contribution in [0.5, 0.6) is 0 Å². The first-order valence-corrected chi connectivity index (χ1v) is 8.74. The molecule has 2 aromatic rings. The van der Waals surface area contributed by atoms with Crippen molar-refractivity contribution in [3.05, 3.63) is 50.8 Å². The highest BCUT2D eigenvalue weighted by Crippen LogP contribution is 2.22. The van der Waals surface area contributed by atoms with E-state index in [4.69, 9.17) is 28.3 Å². The molecule has 0 bridgehead atoms. The van der Waals surface area contributed by atoms with Crippen LogP contribution in [0.15, 0.2) is 34.5 Å². The minimum atomic E-state index is -3.72. The third-order valence-electron chi connectivity index (χ3n) is 2.51. The number of hydrogen-bond donors (Lipinski definition) is 2. The molecule has 1 aromatic carbocycles. The summed E-state index contributed by atoms with van der Waals surface area (Å²) in [6, 6.07) is 7.56. The first-order chi connectivity index (χ1) is 9.77. The fourth-order valence-electron chi connectivity index (χ4n) is 1.54. The Bertz CT molecular complexity index is 788. The molecule has 1 aromatic heterocycles. The van der Waals surface area contributed by atoms with Gasteiger partial charge in [0.25, 0.3) is 5.91 Å². The third kappa shape index (κ3) is 4.18. The van der Waals surface area contributed by atoms with Crippen molar-refractivity contribution in [1.82, 2.24) is 5.32 Å². The van der Waals surface area contributed by atoms with Crippen LogP contribution in [0.3, 0.4) is 0 Å². The van der Waals surface area contributed by atoms with Gasteiger partial charge in [-0.15, -0.1) is 11.3 Å². The zero-order valence-corrected chi connectivity index (χ0v) is 13.6. The smallest absolute Gasteiger partial charge is 0.253 e. The molecular weight excluding hydrogens is 355 g/mol. The van der Waals surface area contributed by atoms with E-state index < -0.39 is 15.9 Å². The van der Waals surface area contributed by atoms with E-state index in [2.05, 4.69) is 5.32 Å². The molecule has 1 heterocycles. The van der Waals surface area contributed by atoms with Gasteiger partial charge in [0.05, 0.1) is 17.1 Å². The van der Waals surface area contributed by atoms with Gasteiger partial charge in [0.15, 0.2) is 0 Å². The molecule has 0 aliphatic heterocycles. The zero-order chi connectivity index (χ0) is 15.6. The first kappa shape index (κ1) is 16.3. The molecule has 0 radical (unpaired) electrons. The zero-order valence-electron chi connectivity index (χ0n) is 10.5. The van der Waals surface area contributed by atoms with Gasteiger partial charge in [-0.25, -0.2) is 13.6 Å². The quantitative estimate of drug-likeness (QED) is 0.873. The predicted octanol–water partition coefficient (Wildman–Crippen LogP) is 2.63. The summed E-state index contributed by atoms with van der Waals surface area (Å²) in [5.74, 6) is -0.395. The third-order valence-corrected chi connectivity index (χ3v) is 5.60. The minimum Gasteiger partial charge on any atom is -0.347 e. The van der Waals surface area contributed by atoms with Crippen molar-refractivity contribution in [2.75, 3.05) is 0 Å². The average molecular weight is 365 g/mol. The summed E-state index contributed by atoms with van der Waals surface area (Å²) in [6.07, 6.45) is 0. The summed E-state index contributed by atoms with van der Waals surface area (Å²) in [6.45, 7) is 0.169. The molecule has 5 nitrogen and oxygen atoms in total. The molecule has 0 aliphatic carbocycles. The Morgan fingerprint density at radius 2 is 1.95 bits per heavy atom. The highest BCUT2D eigenvalue weighted by molar-refractivity contribution is 7.91. The van der Waals surface area contributed by atoms with Crippen LogP contribution >= 0.6 is 34.5 Å². The van der Waals surface area contributed by atoms with Crippen molar-refractivity contribution in [2.24, 2.45) is 5.14 Å². The molecule has 0 saturated carbocycles. The molecule has 0 unspecified atom stereocenters. The molecule has 0 aliphatic rings. The molecule has 1 amide bonds. The van der Waals surface area contributed by atoms with E-state index in [0.717, 1.165) is 11.3 Å². The number of nitrogens with two attached hydrogens (primary N) is 1. The summed E-state index contributed by atoms with van der Waals surface area (Å²) in [4.78, 5) is 12.7. The summed E-state index contributed by atoms with van der Waals surface area (Å²) in [7, 11) is -3.72. The second-order valence-corrected chi connectivity index (χ2v) is 7.87. The number of rotatable bonds is 4. The van der Waals surface area contributed by atoms with Crippen LogP contribution in [0.4, 0.5) is 0 Å². The monoisotopic (exact) mass is 364 g/mol. The predicted molar refractivity (Wildman–Crippen MR) is 83.3 cm³/mol. The van der Waals surface area contributed by atoms with Gasteiger partial charge in [-0.2, -0.15) is 0 Å². The number of sulfonamides is 1. The number of halogens is 2. The lowest BCUT2D eigenvalue weighted by Gasteiger charge is -2.06. The van der Waals surface area contributed by atoms with Crippen molar-refractivity contribution < 1.29 is 13.2 Å². The molecule has 2 rings (SSSR count). The normalized spacial score (nSPS) is 11.4. The highest BCUT2D eigenvalue weighted by atomic mass is 35.5. The number of hydrogen-bond acceptors (Lipinski definition) is 4. The van der Waals surface area contributed by atoms with Gasteiger partial charge >= 0.3 is 0 Å². The van der Waals surface area contributed by atoms with Crippen molar-refractivity contribution >= 4 is 50.5 Å². The van der Waals surface area contributed by atoms with Crippen LogP contribution in [-0.2, 0) is 16.6 Å². The molecule has 21 heavy (non-hydrogen) atoms. The van der Waals surface area contributed by atoms with Gasteiger partial charge in [-0.3, -0.25) is 4.79 Å². The molecule has 0 spiro atoms. The number of carbonyl (C=O) groups is 1. The van der Waals surface area contributed by atoms with Crippen molar-refractivity contribution in [2.45, 2.75) is 10.8 Å². The van der Waals surface area contributed by atoms with E-state index in [1.807, 2.05) is 0 Å². The topological polar surface area (TPSA) is 89.3 Å². The molecule has 0 saturated heterocycles. The number of carbonyl (C=O) groups excluding carboxylic acids is 1. The first-order valence-electron chi connectivity index (χ1n) is 5.62. The number of amides is 1. The van der Waals surface area contributed by atoms with Gasteiger partial charge in [0.2, 0.25) is 10.0 Å². The Labute approximate surface area is 135 Å². The van der Waals surface area contributed by atoms with Crippen molar-refractivity contribution in [1.29, 1.82) is 0 Å². The number of primary sulfonamides is 1. The number of thiophene rings is 1. The Hall–Kier alpha value is -1.12. The Kier molecular flexibility index (Phi) is 4.90. The van der Waals surface area contributed by atoms with Gasteiger partial charge in [0.1, 0.15) is 4.21 Å². The second-order valence-electron chi connectivity index (χ2n) is 4.07. The molecular formula is C12H10Cl2N2O3S2. The van der Waals surface area contributed by atoms with E-state index >= 15 is 0 Å². The van der Waals surface area contributed by atoms with E-state index in [1.165, 1.54) is 18.2 Å². The van der Waals surface area contributed by atoms with E-state index in [9.17, 15) is 13.2 Å². The number of nitrogens with one attached hydrogen (secondary N) is 1. The number of benzene rings is 1. The summed E-state index contributed by atoms with van der Waals surface area (Å²) in [5.41, 5.74) is 0.257. The maximum Gasteiger partial charge on any atom is 0.253 e. The van der Waals surface area contributed by atoms with Gasteiger partial charge in [-0.05, 0) is 30.3 Å². The van der Waals surface area contributed by atoms with E-state index in [0.29, 0.717) is 9.90 Å².